The lowest BCUT2D eigenvalue weighted by Crippen LogP contribution is -2.09. The van der Waals surface area contributed by atoms with E-state index in [1.54, 1.807) is 18.2 Å². The number of thiocarbonyl (C=S) groups is 1. The largest absolute Gasteiger partial charge is 0.507 e. The fourth-order valence-electron chi connectivity index (χ4n) is 0.706. The lowest BCUT2D eigenvalue weighted by Gasteiger charge is -2.01. The van der Waals surface area contributed by atoms with Crippen LogP contribution in [-0.4, -0.2) is 10.1 Å². The van der Waals surface area contributed by atoms with Crippen LogP contribution >= 0.6 is 28.1 Å². The van der Waals surface area contributed by atoms with Crippen molar-refractivity contribution in [2.45, 2.75) is 0 Å². The van der Waals surface area contributed by atoms with Crippen molar-refractivity contribution in [1.29, 1.82) is 0 Å². The molecule has 1 aromatic rings. The maximum absolute atomic E-state index is 9.22. The lowest BCUT2D eigenvalue weighted by molar-refractivity contribution is 0.474. The van der Waals surface area contributed by atoms with Gasteiger partial charge in [0.1, 0.15) is 10.7 Å². The summed E-state index contributed by atoms with van der Waals surface area (Å²) in [5.74, 6) is 0.112. The van der Waals surface area contributed by atoms with Crippen molar-refractivity contribution < 1.29 is 5.11 Å². The van der Waals surface area contributed by atoms with Crippen molar-refractivity contribution in [1.82, 2.24) is 0 Å². The van der Waals surface area contributed by atoms with E-state index in [-0.39, 0.29) is 10.7 Å². The van der Waals surface area contributed by atoms with Crippen LogP contribution < -0.4 is 5.73 Å². The van der Waals surface area contributed by atoms with Gasteiger partial charge in [0.2, 0.25) is 0 Å². The van der Waals surface area contributed by atoms with Crippen molar-refractivity contribution in [3.05, 3.63) is 28.2 Å². The Hall–Kier alpha value is -0.610. The predicted molar refractivity (Wildman–Crippen MR) is 51.7 cm³/mol. The standard InChI is InChI=1S/C7H6BrNOS/c8-4-1-2-6(10)5(3-4)7(9)11/h1-3,10H,(H2,9,11). The predicted octanol–water partition coefficient (Wildman–Crippen LogP) is 1.79. The fraction of sp³-hybridized carbons (Fsp3) is 0. The van der Waals surface area contributed by atoms with Crippen LogP contribution in [0.25, 0.3) is 0 Å². The Bertz CT molecular complexity index is 300. The number of hydrogen-bond acceptors (Lipinski definition) is 2. The molecule has 4 heteroatoms. The van der Waals surface area contributed by atoms with Gasteiger partial charge < -0.3 is 10.8 Å². The Morgan fingerprint density at radius 2 is 2.18 bits per heavy atom. The highest BCUT2D eigenvalue weighted by Crippen LogP contribution is 2.21. The molecule has 0 bridgehead atoms. The molecule has 0 aliphatic rings. The number of nitrogens with two attached hydrogens (primary N) is 1. The Morgan fingerprint density at radius 1 is 1.55 bits per heavy atom. The number of aromatic hydroxyl groups is 1. The zero-order chi connectivity index (χ0) is 8.43. The molecule has 0 saturated carbocycles. The average Bonchev–Trinajstić information content (AvgIpc) is 1.94. The number of phenolic OH excluding ortho intramolecular Hbond substituents is 1. The van der Waals surface area contributed by atoms with Gasteiger partial charge in [-0.05, 0) is 18.2 Å². The SMILES string of the molecule is NC(=S)c1cc(Br)ccc1O. The van der Waals surface area contributed by atoms with Crippen LogP contribution in [0.15, 0.2) is 22.7 Å². The molecule has 0 radical (unpaired) electrons. The topological polar surface area (TPSA) is 46.2 Å². The highest BCUT2D eigenvalue weighted by molar-refractivity contribution is 9.10. The summed E-state index contributed by atoms with van der Waals surface area (Å²) >= 11 is 7.94. The van der Waals surface area contributed by atoms with E-state index in [0.29, 0.717) is 5.56 Å². The van der Waals surface area contributed by atoms with Gasteiger partial charge in [-0.25, -0.2) is 0 Å². The van der Waals surface area contributed by atoms with Crippen LogP contribution in [0.3, 0.4) is 0 Å². The van der Waals surface area contributed by atoms with Crippen molar-refractivity contribution in [3.63, 3.8) is 0 Å². The summed E-state index contributed by atoms with van der Waals surface area (Å²) in [5.41, 5.74) is 5.83. The Labute approximate surface area is 78.2 Å². The van der Waals surface area contributed by atoms with Crippen LogP contribution in [0, 0.1) is 0 Å². The Balaban J connectivity index is 3.23. The smallest absolute Gasteiger partial charge is 0.125 e. The third-order valence-corrected chi connectivity index (χ3v) is 1.94. The second-order valence-corrected chi connectivity index (χ2v) is 3.38. The van der Waals surface area contributed by atoms with Gasteiger partial charge in [0.05, 0.1) is 5.56 Å². The molecule has 1 aromatic carbocycles. The molecule has 0 aliphatic heterocycles. The van der Waals surface area contributed by atoms with E-state index in [4.69, 9.17) is 18.0 Å². The van der Waals surface area contributed by atoms with Crippen molar-refractivity contribution in [3.8, 4) is 5.75 Å². The summed E-state index contributed by atoms with van der Waals surface area (Å²) in [5, 5.41) is 9.22. The normalized spacial score (nSPS) is 9.55. The average molecular weight is 232 g/mol. The van der Waals surface area contributed by atoms with Crippen molar-refractivity contribution >= 4 is 33.1 Å². The highest BCUT2D eigenvalue weighted by atomic mass is 79.9. The molecule has 0 atom stereocenters. The second kappa shape index (κ2) is 3.19. The second-order valence-electron chi connectivity index (χ2n) is 2.03. The zero-order valence-corrected chi connectivity index (χ0v) is 7.95. The molecule has 0 amide bonds. The number of rotatable bonds is 1. The molecule has 0 aliphatic carbocycles. The van der Waals surface area contributed by atoms with E-state index in [2.05, 4.69) is 15.9 Å². The van der Waals surface area contributed by atoms with Crippen LogP contribution in [-0.2, 0) is 0 Å². The molecule has 3 N–H and O–H groups in total. The molecule has 2 nitrogen and oxygen atoms in total. The van der Waals surface area contributed by atoms with Gasteiger partial charge in [-0.2, -0.15) is 0 Å². The van der Waals surface area contributed by atoms with Gasteiger partial charge in [-0.1, -0.05) is 28.1 Å². The van der Waals surface area contributed by atoms with E-state index in [9.17, 15) is 5.11 Å². The summed E-state index contributed by atoms with van der Waals surface area (Å²) in [6, 6.07) is 4.94. The minimum absolute atomic E-state index is 0.112. The maximum atomic E-state index is 9.22. The van der Waals surface area contributed by atoms with Gasteiger partial charge in [-0.3, -0.25) is 0 Å². The quantitative estimate of drug-likeness (QED) is 0.725. The first-order valence-corrected chi connectivity index (χ1v) is 4.09. The monoisotopic (exact) mass is 231 g/mol. The molecule has 1 rings (SSSR count). The van der Waals surface area contributed by atoms with Crippen LogP contribution in [0.1, 0.15) is 5.56 Å². The highest BCUT2D eigenvalue weighted by Gasteiger charge is 2.02. The first-order chi connectivity index (χ1) is 5.11. The minimum Gasteiger partial charge on any atom is -0.507 e. The maximum Gasteiger partial charge on any atom is 0.125 e. The van der Waals surface area contributed by atoms with Gasteiger partial charge in [0, 0.05) is 4.47 Å². The fourth-order valence-corrected chi connectivity index (χ4v) is 1.23. The molecule has 0 aromatic heterocycles. The van der Waals surface area contributed by atoms with Crippen LogP contribution in [0.5, 0.6) is 5.75 Å². The van der Waals surface area contributed by atoms with E-state index in [1.807, 2.05) is 0 Å². The zero-order valence-electron chi connectivity index (χ0n) is 5.54. The molecule has 0 unspecified atom stereocenters. The summed E-state index contributed by atoms with van der Waals surface area (Å²) < 4.78 is 0.845. The van der Waals surface area contributed by atoms with Crippen molar-refractivity contribution in [2.24, 2.45) is 5.73 Å². The third-order valence-electron chi connectivity index (χ3n) is 1.22. The Morgan fingerprint density at radius 3 is 2.64 bits per heavy atom. The summed E-state index contributed by atoms with van der Waals surface area (Å²) in [6.45, 7) is 0. The number of halogens is 1. The number of hydrogen-bond donors (Lipinski definition) is 2. The lowest BCUT2D eigenvalue weighted by atomic mass is 10.2. The van der Waals surface area contributed by atoms with E-state index < -0.39 is 0 Å². The van der Waals surface area contributed by atoms with E-state index in [0.717, 1.165) is 4.47 Å². The summed E-state index contributed by atoms with van der Waals surface area (Å²) in [4.78, 5) is 0.198. The van der Waals surface area contributed by atoms with Gasteiger partial charge in [0.15, 0.2) is 0 Å². The van der Waals surface area contributed by atoms with Gasteiger partial charge >= 0.3 is 0 Å². The first-order valence-electron chi connectivity index (χ1n) is 2.89. The number of phenols is 1. The molecular formula is C7H6BrNOS. The first kappa shape index (κ1) is 8.49. The minimum atomic E-state index is 0.112. The molecule has 11 heavy (non-hydrogen) atoms. The van der Waals surface area contributed by atoms with E-state index >= 15 is 0 Å². The molecule has 0 heterocycles. The Kier molecular flexibility index (Phi) is 2.46. The molecule has 0 saturated heterocycles. The van der Waals surface area contributed by atoms with Crippen LogP contribution in [0.4, 0.5) is 0 Å². The van der Waals surface area contributed by atoms with Crippen LogP contribution in [0.2, 0.25) is 0 Å². The summed E-state index contributed by atoms with van der Waals surface area (Å²) in [7, 11) is 0. The van der Waals surface area contributed by atoms with Gasteiger partial charge in [-0.15, -0.1) is 0 Å². The molecule has 58 valence electrons. The molecule has 0 fully saturated rings. The van der Waals surface area contributed by atoms with Gasteiger partial charge in [0.25, 0.3) is 0 Å². The van der Waals surface area contributed by atoms with Crippen molar-refractivity contribution in [2.75, 3.05) is 0 Å². The number of benzene rings is 1. The van der Waals surface area contributed by atoms with E-state index in [1.165, 1.54) is 0 Å². The third kappa shape index (κ3) is 1.91. The summed E-state index contributed by atoms with van der Waals surface area (Å²) in [6.07, 6.45) is 0. The molecular weight excluding hydrogens is 226 g/mol. The molecule has 0 spiro atoms.